The van der Waals surface area contributed by atoms with Crippen molar-refractivity contribution in [3.05, 3.63) is 52.2 Å². The van der Waals surface area contributed by atoms with Gasteiger partial charge in [-0.25, -0.2) is 0 Å². The molecular weight excluding hydrogens is 260 g/mol. The zero-order chi connectivity index (χ0) is 14.8. The molecule has 0 atom stereocenters. The maximum absolute atomic E-state index is 5.97. The standard InChI is InChI=1S/C17H22N4/c1-12-13(2)19-20-17(16(12)10-18)21-9-5-8-14-6-3-4-7-15(14)11-21/h3-4,6-7H,5,8-11,18H2,1-2H3. The number of rotatable bonds is 2. The summed E-state index contributed by atoms with van der Waals surface area (Å²) in [5, 5.41) is 8.75. The van der Waals surface area contributed by atoms with Gasteiger partial charge in [0.15, 0.2) is 5.82 Å². The Hall–Kier alpha value is -1.94. The van der Waals surface area contributed by atoms with E-state index in [-0.39, 0.29) is 0 Å². The Morgan fingerprint density at radius 3 is 2.67 bits per heavy atom. The Labute approximate surface area is 126 Å². The van der Waals surface area contributed by atoms with Gasteiger partial charge in [0.2, 0.25) is 0 Å². The van der Waals surface area contributed by atoms with Crippen molar-refractivity contribution in [3.8, 4) is 0 Å². The van der Waals surface area contributed by atoms with Crippen LogP contribution in [0.25, 0.3) is 0 Å². The van der Waals surface area contributed by atoms with Crippen molar-refractivity contribution in [2.24, 2.45) is 5.73 Å². The van der Waals surface area contributed by atoms with E-state index in [4.69, 9.17) is 5.73 Å². The number of nitrogens with zero attached hydrogens (tertiary/aromatic N) is 3. The zero-order valence-corrected chi connectivity index (χ0v) is 12.8. The SMILES string of the molecule is Cc1nnc(N2CCCc3ccccc3C2)c(CN)c1C. The first-order valence-corrected chi connectivity index (χ1v) is 7.55. The summed E-state index contributed by atoms with van der Waals surface area (Å²) in [6.07, 6.45) is 2.26. The van der Waals surface area contributed by atoms with Crippen molar-refractivity contribution >= 4 is 5.82 Å². The molecule has 1 aromatic heterocycles. The Balaban J connectivity index is 2.00. The van der Waals surface area contributed by atoms with E-state index >= 15 is 0 Å². The topological polar surface area (TPSA) is 55.0 Å². The van der Waals surface area contributed by atoms with Gasteiger partial charge in [-0.05, 0) is 43.4 Å². The summed E-state index contributed by atoms with van der Waals surface area (Å²) in [5.41, 5.74) is 12.1. The van der Waals surface area contributed by atoms with Crippen LogP contribution in [0.1, 0.15) is 34.4 Å². The van der Waals surface area contributed by atoms with E-state index < -0.39 is 0 Å². The summed E-state index contributed by atoms with van der Waals surface area (Å²) in [5.74, 6) is 0.956. The third-order valence-corrected chi connectivity index (χ3v) is 4.42. The summed E-state index contributed by atoms with van der Waals surface area (Å²) in [6, 6.07) is 8.67. The normalized spacial score (nSPS) is 14.7. The van der Waals surface area contributed by atoms with Gasteiger partial charge in [-0.2, -0.15) is 5.10 Å². The van der Waals surface area contributed by atoms with E-state index in [0.29, 0.717) is 6.54 Å². The largest absolute Gasteiger partial charge is 0.351 e. The van der Waals surface area contributed by atoms with Gasteiger partial charge in [-0.1, -0.05) is 24.3 Å². The first-order chi connectivity index (χ1) is 10.2. The average molecular weight is 282 g/mol. The number of aryl methyl sites for hydroxylation is 2. The Morgan fingerprint density at radius 1 is 1.14 bits per heavy atom. The number of hydrogen-bond acceptors (Lipinski definition) is 4. The van der Waals surface area contributed by atoms with Crippen LogP contribution in [0.15, 0.2) is 24.3 Å². The number of nitrogens with two attached hydrogens (primary N) is 1. The van der Waals surface area contributed by atoms with E-state index in [1.807, 2.05) is 6.92 Å². The second-order valence-corrected chi connectivity index (χ2v) is 5.71. The highest BCUT2D eigenvalue weighted by Gasteiger charge is 2.19. The predicted octanol–water partition coefficient (Wildman–Crippen LogP) is 2.50. The Bertz CT molecular complexity index is 651. The molecule has 0 fully saturated rings. The van der Waals surface area contributed by atoms with Crippen molar-refractivity contribution < 1.29 is 0 Å². The van der Waals surface area contributed by atoms with Crippen molar-refractivity contribution in [3.63, 3.8) is 0 Å². The molecular formula is C17H22N4. The van der Waals surface area contributed by atoms with Gasteiger partial charge in [0.1, 0.15) is 0 Å². The van der Waals surface area contributed by atoms with Crippen LogP contribution in [0, 0.1) is 13.8 Å². The smallest absolute Gasteiger partial charge is 0.156 e. The predicted molar refractivity (Wildman–Crippen MR) is 85.2 cm³/mol. The minimum absolute atomic E-state index is 0.510. The van der Waals surface area contributed by atoms with Gasteiger partial charge < -0.3 is 10.6 Å². The molecule has 0 aliphatic carbocycles. The minimum Gasteiger partial charge on any atom is -0.351 e. The van der Waals surface area contributed by atoms with E-state index in [0.717, 1.165) is 43.0 Å². The number of anilines is 1. The van der Waals surface area contributed by atoms with Gasteiger partial charge in [-0.3, -0.25) is 0 Å². The Kier molecular flexibility index (Phi) is 3.88. The van der Waals surface area contributed by atoms with Crippen LogP contribution in [0.4, 0.5) is 5.82 Å². The fraction of sp³-hybridized carbons (Fsp3) is 0.412. The van der Waals surface area contributed by atoms with Crippen LogP contribution in [0.2, 0.25) is 0 Å². The molecule has 0 unspecified atom stereocenters. The molecule has 3 rings (SSSR count). The van der Waals surface area contributed by atoms with Crippen LogP contribution >= 0.6 is 0 Å². The maximum atomic E-state index is 5.97. The lowest BCUT2D eigenvalue weighted by atomic mass is 10.0. The molecule has 4 nitrogen and oxygen atoms in total. The number of aromatic nitrogens is 2. The maximum Gasteiger partial charge on any atom is 0.156 e. The third kappa shape index (κ3) is 2.63. The molecule has 21 heavy (non-hydrogen) atoms. The molecule has 0 spiro atoms. The van der Waals surface area contributed by atoms with E-state index in [9.17, 15) is 0 Å². The minimum atomic E-state index is 0.510. The van der Waals surface area contributed by atoms with Gasteiger partial charge >= 0.3 is 0 Å². The second-order valence-electron chi connectivity index (χ2n) is 5.71. The monoisotopic (exact) mass is 282 g/mol. The Morgan fingerprint density at radius 2 is 1.90 bits per heavy atom. The molecule has 0 radical (unpaired) electrons. The lowest BCUT2D eigenvalue weighted by Crippen LogP contribution is -2.26. The average Bonchev–Trinajstić information content (AvgIpc) is 2.72. The fourth-order valence-electron chi connectivity index (χ4n) is 3.02. The summed E-state index contributed by atoms with van der Waals surface area (Å²) in [4.78, 5) is 2.33. The molecule has 0 amide bonds. The zero-order valence-electron chi connectivity index (χ0n) is 12.8. The van der Waals surface area contributed by atoms with Crippen LogP contribution in [0.3, 0.4) is 0 Å². The van der Waals surface area contributed by atoms with Gasteiger partial charge in [0.05, 0.1) is 5.69 Å². The molecule has 0 saturated heterocycles. The molecule has 1 aliphatic rings. The molecule has 1 aromatic carbocycles. The van der Waals surface area contributed by atoms with Crippen LogP contribution in [0.5, 0.6) is 0 Å². The number of hydrogen-bond donors (Lipinski definition) is 1. The summed E-state index contributed by atoms with van der Waals surface area (Å²) < 4.78 is 0. The lowest BCUT2D eigenvalue weighted by molar-refractivity contribution is 0.731. The molecule has 0 bridgehead atoms. The lowest BCUT2D eigenvalue weighted by Gasteiger charge is -2.25. The fourth-order valence-corrected chi connectivity index (χ4v) is 3.02. The van der Waals surface area contributed by atoms with Crippen LogP contribution in [-0.4, -0.2) is 16.7 Å². The first-order valence-electron chi connectivity index (χ1n) is 7.55. The quantitative estimate of drug-likeness (QED) is 0.919. The molecule has 1 aliphatic heterocycles. The summed E-state index contributed by atoms with van der Waals surface area (Å²) in [7, 11) is 0. The number of benzene rings is 1. The molecule has 110 valence electrons. The second kappa shape index (κ2) is 5.82. The van der Waals surface area contributed by atoms with E-state index in [1.54, 1.807) is 0 Å². The molecule has 0 saturated carbocycles. The molecule has 4 heteroatoms. The highest BCUT2D eigenvalue weighted by atomic mass is 15.3. The summed E-state index contributed by atoms with van der Waals surface area (Å²) in [6.45, 7) is 6.47. The van der Waals surface area contributed by atoms with E-state index in [2.05, 4.69) is 46.3 Å². The van der Waals surface area contributed by atoms with Crippen molar-refractivity contribution in [2.45, 2.75) is 39.8 Å². The molecule has 2 heterocycles. The van der Waals surface area contributed by atoms with Crippen LogP contribution in [-0.2, 0) is 19.5 Å². The van der Waals surface area contributed by atoms with Crippen molar-refractivity contribution in [2.75, 3.05) is 11.4 Å². The van der Waals surface area contributed by atoms with Crippen molar-refractivity contribution in [1.82, 2.24) is 10.2 Å². The van der Waals surface area contributed by atoms with Crippen LogP contribution < -0.4 is 10.6 Å². The summed E-state index contributed by atoms with van der Waals surface area (Å²) >= 11 is 0. The van der Waals surface area contributed by atoms with Gasteiger partial charge in [-0.15, -0.1) is 5.10 Å². The first kappa shape index (κ1) is 14.0. The number of fused-ring (bicyclic) bond motifs is 1. The van der Waals surface area contributed by atoms with Gasteiger partial charge in [0, 0.05) is 25.2 Å². The van der Waals surface area contributed by atoms with Crippen molar-refractivity contribution in [1.29, 1.82) is 0 Å². The highest BCUT2D eigenvalue weighted by molar-refractivity contribution is 5.52. The molecule has 2 aromatic rings. The molecule has 2 N–H and O–H groups in total. The van der Waals surface area contributed by atoms with Gasteiger partial charge in [0.25, 0.3) is 0 Å². The third-order valence-electron chi connectivity index (χ3n) is 4.42. The highest BCUT2D eigenvalue weighted by Crippen LogP contribution is 2.26. The van der Waals surface area contributed by atoms with E-state index in [1.165, 1.54) is 16.7 Å².